The molecule has 2 N–H and O–H groups in total. The second kappa shape index (κ2) is 6.93. The standard InChI is InChI=1S/C18H23N5O/c1-4-13-7-8-15(16(24)10-13)18-21-20-17(12-23(18)3)19-14-6-5-9-22(2)11-14/h1,7-8,10,12,14,18-19,24H,5-6,9,11H2,2-3H3/t14?,18-/m0/s1. The molecule has 0 aromatic heterocycles. The van der Waals surface area contributed by atoms with E-state index in [2.05, 4.69) is 33.4 Å². The minimum Gasteiger partial charge on any atom is -0.507 e. The Hall–Kier alpha value is -2.52. The summed E-state index contributed by atoms with van der Waals surface area (Å²) in [5, 5.41) is 22.3. The molecule has 0 aliphatic carbocycles. The molecule has 2 atom stereocenters. The molecule has 6 heteroatoms. The van der Waals surface area contributed by atoms with Gasteiger partial charge in [-0.25, -0.2) is 0 Å². The molecule has 1 unspecified atom stereocenters. The predicted octanol–water partition coefficient (Wildman–Crippen LogP) is 2.25. The Morgan fingerprint density at radius 2 is 2.21 bits per heavy atom. The van der Waals surface area contributed by atoms with Crippen LogP contribution in [-0.2, 0) is 0 Å². The zero-order chi connectivity index (χ0) is 17.1. The van der Waals surface area contributed by atoms with Gasteiger partial charge in [0.1, 0.15) is 5.75 Å². The van der Waals surface area contributed by atoms with Crippen LogP contribution in [0.5, 0.6) is 5.75 Å². The van der Waals surface area contributed by atoms with Crippen LogP contribution in [-0.4, -0.2) is 48.1 Å². The highest BCUT2D eigenvalue weighted by atomic mass is 16.3. The zero-order valence-corrected chi connectivity index (χ0v) is 14.1. The van der Waals surface area contributed by atoms with Gasteiger partial charge in [-0.3, -0.25) is 0 Å². The van der Waals surface area contributed by atoms with Crippen molar-refractivity contribution in [1.29, 1.82) is 0 Å². The maximum absolute atomic E-state index is 10.2. The minimum atomic E-state index is -0.351. The summed E-state index contributed by atoms with van der Waals surface area (Å²) in [5.74, 6) is 3.41. The largest absolute Gasteiger partial charge is 0.507 e. The smallest absolute Gasteiger partial charge is 0.171 e. The van der Waals surface area contributed by atoms with Crippen molar-refractivity contribution in [1.82, 2.24) is 15.1 Å². The van der Waals surface area contributed by atoms with Gasteiger partial charge in [0.15, 0.2) is 12.0 Å². The number of rotatable bonds is 3. The third-order valence-electron chi connectivity index (χ3n) is 4.44. The van der Waals surface area contributed by atoms with Crippen LogP contribution >= 0.6 is 0 Å². The number of piperidine rings is 1. The normalized spacial score (nSPS) is 24.4. The van der Waals surface area contributed by atoms with Gasteiger partial charge in [0.2, 0.25) is 0 Å². The number of hydrogen-bond acceptors (Lipinski definition) is 6. The van der Waals surface area contributed by atoms with Gasteiger partial charge in [-0.1, -0.05) is 5.92 Å². The number of phenols is 1. The van der Waals surface area contributed by atoms with Gasteiger partial charge in [0.05, 0.1) is 0 Å². The summed E-state index contributed by atoms with van der Waals surface area (Å²) in [6, 6.07) is 5.57. The summed E-state index contributed by atoms with van der Waals surface area (Å²) < 4.78 is 0. The zero-order valence-electron chi connectivity index (χ0n) is 14.1. The van der Waals surface area contributed by atoms with Gasteiger partial charge in [-0.2, -0.15) is 5.11 Å². The van der Waals surface area contributed by atoms with Crippen molar-refractivity contribution >= 4 is 0 Å². The third kappa shape index (κ3) is 3.52. The molecule has 2 aliphatic heterocycles. The van der Waals surface area contributed by atoms with Crippen LogP contribution in [0.4, 0.5) is 0 Å². The Bertz CT molecular complexity index is 706. The van der Waals surface area contributed by atoms with Crippen molar-refractivity contribution < 1.29 is 5.11 Å². The molecule has 2 aliphatic rings. The average Bonchev–Trinajstić information content (AvgIpc) is 2.55. The molecule has 1 aromatic rings. The number of terminal acetylenes is 1. The number of phenolic OH excluding ortho intramolecular Hbond substituents is 1. The van der Waals surface area contributed by atoms with Crippen molar-refractivity contribution in [3.8, 4) is 18.1 Å². The van der Waals surface area contributed by atoms with E-state index >= 15 is 0 Å². The number of likely N-dealkylation sites (tertiary alicyclic amines) is 1. The van der Waals surface area contributed by atoms with E-state index in [1.54, 1.807) is 18.2 Å². The van der Waals surface area contributed by atoms with Crippen LogP contribution < -0.4 is 5.32 Å². The summed E-state index contributed by atoms with van der Waals surface area (Å²) >= 11 is 0. The fraction of sp³-hybridized carbons (Fsp3) is 0.444. The first kappa shape index (κ1) is 16.3. The molecule has 0 saturated carbocycles. The van der Waals surface area contributed by atoms with Gasteiger partial charge in [-0.15, -0.1) is 11.5 Å². The summed E-state index contributed by atoms with van der Waals surface area (Å²) in [4.78, 5) is 4.26. The number of benzene rings is 1. The lowest BCUT2D eigenvalue weighted by atomic mass is 10.1. The van der Waals surface area contributed by atoms with E-state index in [4.69, 9.17) is 6.42 Å². The Morgan fingerprint density at radius 3 is 2.88 bits per heavy atom. The first-order chi connectivity index (χ1) is 11.6. The number of azo groups is 1. The number of likely N-dealkylation sites (N-methyl/N-ethyl adjacent to an activating group) is 1. The fourth-order valence-electron chi connectivity index (χ4n) is 3.18. The lowest BCUT2D eigenvalue weighted by Gasteiger charge is -2.32. The van der Waals surface area contributed by atoms with E-state index in [1.165, 1.54) is 6.42 Å². The molecule has 0 spiro atoms. The van der Waals surface area contributed by atoms with Crippen LogP contribution in [0, 0.1) is 12.3 Å². The first-order valence-electron chi connectivity index (χ1n) is 8.16. The van der Waals surface area contributed by atoms with Gasteiger partial charge < -0.3 is 20.2 Å². The quantitative estimate of drug-likeness (QED) is 0.837. The van der Waals surface area contributed by atoms with E-state index in [-0.39, 0.29) is 11.9 Å². The van der Waals surface area contributed by atoms with Gasteiger partial charge >= 0.3 is 0 Å². The number of hydrogen-bond donors (Lipinski definition) is 2. The molecule has 126 valence electrons. The van der Waals surface area contributed by atoms with Crippen LogP contribution in [0.1, 0.15) is 30.1 Å². The Morgan fingerprint density at radius 1 is 1.38 bits per heavy atom. The maximum atomic E-state index is 10.2. The summed E-state index contributed by atoms with van der Waals surface area (Å²) in [5.41, 5.74) is 1.33. The summed E-state index contributed by atoms with van der Waals surface area (Å²) in [6.45, 7) is 2.15. The Balaban J connectivity index is 1.70. The molecule has 2 heterocycles. The SMILES string of the molecule is C#Cc1ccc([C@H]2N=NC(NC3CCCN(C)C3)=CN2C)c(O)c1. The van der Waals surface area contributed by atoms with Gasteiger partial charge in [0, 0.05) is 37.0 Å². The fourth-order valence-corrected chi connectivity index (χ4v) is 3.18. The van der Waals surface area contributed by atoms with Gasteiger partial charge in [-0.05, 0) is 44.6 Å². The van der Waals surface area contributed by atoms with Crippen molar-refractivity contribution in [3.63, 3.8) is 0 Å². The van der Waals surface area contributed by atoms with E-state index in [0.29, 0.717) is 17.2 Å². The third-order valence-corrected chi connectivity index (χ3v) is 4.44. The molecule has 0 bridgehead atoms. The number of nitrogens with one attached hydrogen (secondary N) is 1. The molecule has 1 aromatic carbocycles. The van der Waals surface area contributed by atoms with Crippen molar-refractivity contribution in [2.45, 2.75) is 25.0 Å². The molecule has 24 heavy (non-hydrogen) atoms. The second-order valence-electron chi connectivity index (χ2n) is 6.43. The molecular weight excluding hydrogens is 302 g/mol. The maximum Gasteiger partial charge on any atom is 0.171 e. The molecule has 6 nitrogen and oxygen atoms in total. The van der Waals surface area contributed by atoms with Crippen LogP contribution in [0.3, 0.4) is 0 Å². The van der Waals surface area contributed by atoms with Crippen LogP contribution in [0.2, 0.25) is 0 Å². The molecule has 1 fully saturated rings. The Kier molecular flexibility index (Phi) is 4.72. The highest BCUT2D eigenvalue weighted by Crippen LogP contribution is 2.32. The summed E-state index contributed by atoms with van der Waals surface area (Å²) in [6.07, 6.45) is 9.26. The lowest BCUT2D eigenvalue weighted by Crippen LogP contribution is -2.43. The highest BCUT2D eigenvalue weighted by Gasteiger charge is 2.24. The van der Waals surface area contributed by atoms with Crippen molar-refractivity contribution in [2.24, 2.45) is 10.2 Å². The van der Waals surface area contributed by atoms with E-state index in [0.717, 1.165) is 25.3 Å². The van der Waals surface area contributed by atoms with E-state index in [9.17, 15) is 5.11 Å². The second-order valence-corrected chi connectivity index (χ2v) is 6.43. The average molecular weight is 325 g/mol. The summed E-state index contributed by atoms with van der Waals surface area (Å²) in [7, 11) is 4.06. The number of nitrogens with zero attached hydrogens (tertiary/aromatic N) is 4. The molecule has 3 rings (SSSR count). The Labute approximate surface area is 142 Å². The van der Waals surface area contributed by atoms with E-state index in [1.807, 2.05) is 18.1 Å². The highest BCUT2D eigenvalue weighted by molar-refractivity contribution is 5.44. The predicted molar refractivity (Wildman–Crippen MR) is 93.1 cm³/mol. The van der Waals surface area contributed by atoms with Crippen LogP contribution in [0.15, 0.2) is 40.4 Å². The molecule has 0 radical (unpaired) electrons. The number of aromatic hydroxyl groups is 1. The van der Waals surface area contributed by atoms with Crippen LogP contribution in [0.25, 0.3) is 0 Å². The van der Waals surface area contributed by atoms with Crippen molar-refractivity contribution in [2.75, 3.05) is 27.2 Å². The minimum absolute atomic E-state index is 0.139. The monoisotopic (exact) mass is 325 g/mol. The first-order valence-corrected chi connectivity index (χ1v) is 8.16. The topological polar surface area (TPSA) is 63.5 Å². The van der Waals surface area contributed by atoms with E-state index < -0.39 is 0 Å². The lowest BCUT2D eigenvalue weighted by molar-refractivity contribution is 0.230. The van der Waals surface area contributed by atoms with Gasteiger partial charge in [0.25, 0.3) is 0 Å². The molecule has 1 saturated heterocycles. The van der Waals surface area contributed by atoms with Crippen molar-refractivity contribution in [3.05, 3.63) is 41.3 Å². The molecule has 0 amide bonds. The molecular formula is C18H23N5O.